The Labute approximate surface area is 253 Å². The maximum Gasteiger partial charge on any atom is 0.413 e. The minimum absolute atomic E-state index is 0.169. The monoisotopic (exact) mass is 596 g/mol. The van der Waals surface area contributed by atoms with Gasteiger partial charge in [-0.3, -0.25) is 10.1 Å². The second-order valence-electron chi connectivity index (χ2n) is 11.4. The fourth-order valence-electron chi connectivity index (χ4n) is 5.80. The van der Waals surface area contributed by atoms with Crippen molar-refractivity contribution in [1.82, 2.24) is 20.4 Å². The first-order chi connectivity index (χ1) is 20.9. The lowest BCUT2D eigenvalue weighted by atomic mass is 9.84. The molecule has 1 aliphatic carbocycles. The molecule has 0 unspecified atom stereocenters. The van der Waals surface area contributed by atoms with Crippen LogP contribution in [0.4, 0.5) is 9.59 Å². The van der Waals surface area contributed by atoms with Gasteiger partial charge in [0.25, 0.3) is 0 Å². The Morgan fingerprint density at radius 1 is 1.05 bits per heavy atom. The lowest BCUT2D eigenvalue weighted by Gasteiger charge is -2.38. The van der Waals surface area contributed by atoms with Crippen molar-refractivity contribution in [2.75, 3.05) is 46.0 Å². The van der Waals surface area contributed by atoms with E-state index < -0.39 is 23.8 Å². The second kappa shape index (κ2) is 16.1. The zero-order valence-corrected chi connectivity index (χ0v) is 25.1. The Morgan fingerprint density at radius 2 is 1.74 bits per heavy atom. The Kier molecular flexibility index (Phi) is 12.0. The summed E-state index contributed by atoms with van der Waals surface area (Å²) in [5.74, 6) is 0.240. The van der Waals surface area contributed by atoms with Crippen LogP contribution in [0.3, 0.4) is 0 Å². The van der Waals surface area contributed by atoms with E-state index in [1.54, 1.807) is 11.8 Å². The fourth-order valence-corrected chi connectivity index (χ4v) is 5.80. The van der Waals surface area contributed by atoms with Gasteiger partial charge in [-0.25, -0.2) is 14.6 Å². The van der Waals surface area contributed by atoms with Crippen LogP contribution in [-0.4, -0.2) is 91.4 Å². The lowest BCUT2D eigenvalue weighted by Crippen LogP contribution is -2.57. The highest BCUT2D eigenvalue weighted by Gasteiger charge is 2.40. The molecule has 12 nitrogen and oxygen atoms in total. The van der Waals surface area contributed by atoms with Crippen LogP contribution in [0.15, 0.2) is 35.3 Å². The third kappa shape index (κ3) is 9.58. The third-order valence-corrected chi connectivity index (χ3v) is 8.32. The number of likely N-dealkylation sites (tertiary alicyclic amines) is 1. The van der Waals surface area contributed by atoms with Gasteiger partial charge in [-0.1, -0.05) is 62.4 Å². The van der Waals surface area contributed by atoms with Gasteiger partial charge in [0, 0.05) is 39.0 Å². The molecule has 1 saturated carbocycles. The summed E-state index contributed by atoms with van der Waals surface area (Å²) >= 11 is 0. The van der Waals surface area contributed by atoms with E-state index in [2.05, 4.69) is 16.7 Å². The Hall–Kier alpha value is -3.85. The first kappa shape index (κ1) is 32.1. The molecule has 0 radical (unpaired) electrons. The number of morpholine rings is 1. The van der Waals surface area contributed by atoms with Crippen molar-refractivity contribution in [2.24, 2.45) is 10.9 Å². The van der Waals surface area contributed by atoms with Crippen LogP contribution < -0.4 is 10.6 Å². The normalized spacial score (nSPS) is 20.0. The molecule has 4 rings (SSSR count). The molecule has 3 amide bonds. The van der Waals surface area contributed by atoms with E-state index in [9.17, 15) is 19.6 Å². The van der Waals surface area contributed by atoms with Gasteiger partial charge in [0.1, 0.15) is 18.2 Å². The third-order valence-electron chi connectivity index (χ3n) is 8.32. The first-order valence-corrected chi connectivity index (χ1v) is 15.4. The molecule has 234 valence electrons. The summed E-state index contributed by atoms with van der Waals surface area (Å²) in [5, 5.41) is 15.9. The molecule has 0 bridgehead atoms. The van der Waals surface area contributed by atoms with Crippen molar-refractivity contribution >= 4 is 24.1 Å². The Morgan fingerprint density at radius 3 is 2.40 bits per heavy atom. The minimum atomic E-state index is -1.14. The zero-order chi connectivity index (χ0) is 30.5. The van der Waals surface area contributed by atoms with Crippen LogP contribution in [0.25, 0.3) is 0 Å². The summed E-state index contributed by atoms with van der Waals surface area (Å²) in [5.41, 5.74) is -0.244. The highest BCUT2D eigenvalue weighted by Crippen LogP contribution is 2.29. The number of ether oxygens (including phenoxy) is 3. The quantitative estimate of drug-likeness (QED) is 0.342. The van der Waals surface area contributed by atoms with E-state index >= 15 is 0 Å². The Bertz CT molecular complexity index is 1140. The van der Waals surface area contributed by atoms with Crippen molar-refractivity contribution < 1.29 is 28.6 Å². The van der Waals surface area contributed by atoms with Crippen molar-refractivity contribution in [1.29, 1.82) is 5.26 Å². The van der Waals surface area contributed by atoms with Crippen LogP contribution in [0.1, 0.15) is 63.9 Å². The SMILES string of the molecule is CCOC(=O)NC(=N[C@@H](CC1CCCCC1)C(=O)NC1(C#N)CCN(C(=O)OCc2ccccc2)CC1)N1CCOCC1. The molecule has 3 aliphatic rings. The molecular formula is C31H44N6O6. The molecule has 43 heavy (non-hydrogen) atoms. The second-order valence-corrected chi connectivity index (χ2v) is 11.4. The summed E-state index contributed by atoms with van der Waals surface area (Å²) in [6, 6.07) is 11.0. The summed E-state index contributed by atoms with van der Waals surface area (Å²) in [6.45, 7) is 4.64. The molecule has 2 aliphatic heterocycles. The van der Waals surface area contributed by atoms with Gasteiger partial charge >= 0.3 is 12.2 Å². The van der Waals surface area contributed by atoms with E-state index in [0.29, 0.717) is 38.6 Å². The number of nitrogens with one attached hydrogen (secondary N) is 2. The van der Waals surface area contributed by atoms with Crippen LogP contribution in [0, 0.1) is 17.2 Å². The number of nitrogens with zero attached hydrogens (tertiary/aromatic N) is 4. The van der Waals surface area contributed by atoms with Gasteiger partial charge in [-0.15, -0.1) is 0 Å². The van der Waals surface area contributed by atoms with E-state index in [1.165, 1.54) is 6.42 Å². The summed E-state index contributed by atoms with van der Waals surface area (Å²) in [7, 11) is 0. The number of rotatable bonds is 8. The number of carbonyl (C=O) groups is 3. The summed E-state index contributed by atoms with van der Waals surface area (Å²) in [4.78, 5) is 47.3. The number of alkyl carbamates (subject to hydrolysis) is 1. The standard InChI is InChI=1S/C31H44N6O6/c1-2-42-29(39)34-28(36-17-19-41-20-18-36)33-26(21-24-9-5-3-6-10-24)27(38)35-31(23-32)13-15-37(16-14-31)30(40)43-22-25-11-7-4-8-12-25/h4,7-8,11-12,24,26H,2-3,5-6,9-10,13-22H2,1H3,(H,35,38)(H,33,34,39)/t26-/m0/s1. The van der Waals surface area contributed by atoms with E-state index in [1.807, 2.05) is 35.2 Å². The molecule has 3 fully saturated rings. The van der Waals surface area contributed by atoms with Crippen molar-refractivity contribution in [3.63, 3.8) is 0 Å². The van der Waals surface area contributed by atoms with E-state index in [4.69, 9.17) is 19.2 Å². The maximum atomic E-state index is 13.9. The number of hydrogen-bond donors (Lipinski definition) is 2. The number of carbonyl (C=O) groups excluding carboxylic acids is 3. The lowest BCUT2D eigenvalue weighted by molar-refractivity contribution is -0.124. The summed E-state index contributed by atoms with van der Waals surface area (Å²) < 4.78 is 16.0. The predicted octanol–water partition coefficient (Wildman–Crippen LogP) is 3.57. The molecule has 2 saturated heterocycles. The van der Waals surface area contributed by atoms with E-state index in [-0.39, 0.29) is 51.0 Å². The molecular weight excluding hydrogens is 552 g/mol. The zero-order valence-electron chi connectivity index (χ0n) is 25.1. The van der Waals surface area contributed by atoms with E-state index in [0.717, 1.165) is 31.2 Å². The molecule has 0 aromatic heterocycles. The number of hydrogen-bond acceptors (Lipinski definition) is 8. The first-order valence-electron chi connectivity index (χ1n) is 15.4. The van der Waals surface area contributed by atoms with Gasteiger partial charge in [0.15, 0.2) is 0 Å². The van der Waals surface area contributed by atoms with Gasteiger partial charge in [-0.05, 0) is 24.8 Å². The number of aliphatic imine (C=N–C) groups is 1. The van der Waals surface area contributed by atoms with Gasteiger partial charge in [-0.2, -0.15) is 5.26 Å². The number of nitriles is 1. The van der Waals surface area contributed by atoms with Crippen LogP contribution in [-0.2, 0) is 25.6 Å². The smallest absolute Gasteiger partial charge is 0.413 e. The largest absolute Gasteiger partial charge is 0.450 e. The van der Waals surface area contributed by atoms with Crippen molar-refractivity contribution in [3.8, 4) is 6.07 Å². The number of piperidine rings is 1. The number of benzene rings is 1. The maximum absolute atomic E-state index is 13.9. The molecule has 2 heterocycles. The van der Waals surface area contributed by atoms with Crippen LogP contribution in [0.2, 0.25) is 0 Å². The molecule has 0 spiro atoms. The van der Waals surface area contributed by atoms with Gasteiger partial charge in [0.05, 0.1) is 25.9 Å². The van der Waals surface area contributed by atoms with Crippen molar-refractivity contribution in [3.05, 3.63) is 35.9 Å². The molecule has 1 aromatic rings. The highest BCUT2D eigenvalue weighted by atomic mass is 16.6. The van der Waals surface area contributed by atoms with Crippen LogP contribution >= 0.6 is 0 Å². The average molecular weight is 597 g/mol. The topological polar surface area (TPSA) is 146 Å². The number of guanidine groups is 1. The fraction of sp³-hybridized carbons (Fsp3) is 0.645. The molecule has 1 aromatic carbocycles. The van der Waals surface area contributed by atoms with Crippen molar-refractivity contribution in [2.45, 2.75) is 76.5 Å². The average Bonchev–Trinajstić information content (AvgIpc) is 3.04. The van der Waals surface area contributed by atoms with Crippen LogP contribution in [0.5, 0.6) is 0 Å². The van der Waals surface area contributed by atoms with Gasteiger partial charge in [0.2, 0.25) is 11.9 Å². The minimum Gasteiger partial charge on any atom is -0.450 e. The predicted molar refractivity (Wildman–Crippen MR) is 159 cm³/mol. The highest BCUT2D eigenvalue weighted by molar-refractivity contribution is 5.96. The molecule has 12 heteroatoms. The number of amides is 3. The Balaban J connectivity index is 1.45. The molecule has 2 N–H and O–H groups in total. The van der Waals surface area contributed by atoms with Gasteiger partial charge < -0.3 is 29.3 Å². The molecule has 1 atom stereocenters. The summed E-state index contributed by atoms with van der Waals surface area (Å²) in [6.07, 6.45) is 5.41.